The van der Waals surface area contributed by atoms with E-state index in [2.05, 4.69) is 21.2 Å². The number of rotatable bonds is 8. The molecule has 7 nitrogen and oxygen atoms in total. The number of halogens is 3. The van der Waals surface area contributed by atoms with Crippen molar-refractivity contribution < 1.29 is 18.0 Å². The van der Waals surface area contributed by atoms with Gasteiger partial charge in [-0.15, -0.1) is 0 Å². The first-order chi connectivity index (χ1) is 14.4. The second kappa shape index (κ2) is 10.7. The van der Waals surface area contributed by atoms with E-state index in [4.69, 9.17) is 23.2 Å². The minimum absolute atomic E-state index is 0.117. The van der Waals surface area contributed by atoms with Gasteiger partial charge in [0, 0.05) is 18.1 Å². The van der Waals surface area contributed by atoms with Crippen LogP contribution in [0.1, 0.15) is 12.5 Å². The number of likely N-dealkylation sites (N-methyl/N-ethyl adjacent to an activating group) is 1. The highest BCUT2D eigenvalue weighted by Crippen LogP contribution is 2.28. The first kappa shape index (κ1) is 25.5. The fraction of sp³-hybridized carbons (Fsp3) is 0.300. The van der Waals surface area contributed by atoms with Crippen LogP contribution < -0.4 is 9.62 Å². The topological polar surface area (TPSA) is 86.8 Å². The predicted molar refractivity (Wildman–Crippen MR) is 127 cm³/mol. The van der Waals surface area contributed by atoms with Gasteiger partial charge in [0.25, 0.3) is 0 Å². The van der Waals surface area contributed by atoms with Crippen molar-refractivity contribution in [1.29, 1.82) is 0 Å². The van der Waals surface area contributed by atoms with Crippen LogP contribution in [0.4, 0.5) is 5.69 Å². The number of benzene rings is 2. The highest BCUT2D eigenvalue weighted by molar-refractivity contribution is 9.10. The maximum Gasteiger partial charge on any atom is 0.244 e. The van der Waals surface area contributed by atoms with E-state index in [1.54, 1.807) is 6.92 Å². The van der Waals surface area contributed by atoms with Crippen LogP contribution in [0.15, 0.2) is 46.9 Å². The number of hydrogen-bond donors (Lipinski definition) is 1. The van der Waals surface area contributed by atoms with Gasteiger partial charge in [-0.05, 0) is 42.8 Å². The normalized spacial score (nSPS) is 12.2. The summed E-state index contributed by atoms with van der Waals surface area (Å²) in [6.45, 7) is 1.19. The van der Waals surface area contributed by atoms with Crippen molar-refractivity contribution in [3.05, 3.63) is 62.5 Å². The first-order valence-corrected chi connectivity index (χ1v) is 12.5. The van der Waals surface area contributed by atoms with Gasteiger partial charge in [-0.3, -0.25) is 13.9 Å². The number of amides is 2. The highest BCUT2D eigenvalue weighted by Gasteiger charge is 2.29. The third-order valence-electron chi connectivity index (χ3n) is 4.53. The summed E-state index contributed by atoms with van der Waals surface area (Å²) in [6, 6.07) is 10.8. The average molecular weight is 551 g/mol. The van der Waals surface area contributed by atoms with E-state index in [0.717, 1.165) is 20.6 Å². The molecule has 11 heteroatoms. The van der Waals surface area contributed by atoms with Crippen LogP contribution in [-0.2, 0) is 26.2 Å². The van der Waals surface area contributed by atoms with Gasteiger partial charge in [0.2, 0.25) is 21.8 Å². The lowest BCUT2D eigenvalue weighted by Gasteiger charge is -2.31. The molecule has 1 N–H and O–H groups in total. The van der Waals surface area contributed by atoms with E-state index >= 15 is 0 Å². The maximum absolute atomic E-state index is 13.2. The molecular weight excluding hydrogens is 529 g/mol. The van der Waals surface area contributed by atoms with Gasteiger partial charge in [0.05, 0.1) is 22.0 Å². The van der Waals surface area contributed by atoms with Crippen molar-refractivity contribution in [1.82, 2.24) is 10.2 Å². The Kier molecular flexibility index (Phi) is 8.76. The fourth-order valence-electron chi connectivity index (χ4n) is 2.88. The van der Waals surface area contributed by atoms with E-state index in [1.165, 1.54) is 30.1 Å². The Bertz CT molecular complexity index is 1080. The summed E-state index contributed by atoms with van der Waals surface area (Å²) in [4.78, 5) is 26.8. The molecule has 1 atom stereocenters. The molecule has 0 saturated heterocycles. The van der Waals surface area contributed by atoms with Gasteiger partial charge in [-0.1, -0.05) is 51.3 Å². The highest BCUT2D eigenvalue weighted by atomic mass is 79.9. The molecule has 2 aromatic carbocycles. The summed E-state index contributed by atoms with van der Waals surface area (Å²) in [5.74, 6) is -0.920. The predicted octanol–water partition coefficient (Wildman–Crippen LogP) is 3.69. The van der Waals surface area contributed by atoms with Crippen LogP contribution in [0.2, 0.25) is 10.0 Å². The first-order valence-electron chi connectivity index (χ1n) is 9.12. The molecule has 0 radical (unpaired) electrons. The summed E-state index contributed by atoms with van der Waals surface area (Å²) in [6.07, 6.45) is 0.990. The minimum atomic E-state index is -3.83. The van der Waals surface area contributed by atoms with E-state index in [-0.39, 0.29) is 28.2 Å². The van der Waals surface area contributed by atoms with Crippen molar-refractivity contribution in [2.45, 2.75) is 19.5 Å². The smallest absolute Gasteiger partial charge is 0.244 e. The summed E-state index contributed by atoms with van der Waals surface area (Å²) >= 11 is 15.3. The van der Waals surface area contributed by atoms with Crippen molar-refractivity contribution in [3.8, 4) is 0 Å². The second-order valence-electron chi connectivity index (χ2n) is 6.81. The molecule has 2 rings (SSSR count). The molecule has 0 aliphatic heterocycles. The molecule has 0 bridgehead atoms. The molecule has 2 aromatic rings. The molecule has 0 spiro atoms. The molecule has 0 fully saturated rings. The Morgan fingerprint density at radius 2 is 1.81 bits per heavy atom. The Hall–Kier alpha value is -1.81. The van der Waals surface area contributed by atoms with Crippen LogP contribution >= 0.6 is 39.1 Å². The van der Waals surface area contributed by atoms with Crippen LogP contribution in [-0.4, -0.2) is 51.0 Å². The monoisotopic (exact) mass is 549 g/mol. The summed E-state index contributed by atoms with van der Waals surface area (Å²) in [5.41, 5.74) is 0.971. The average Bonchev–Trinajstić information content (AvgIpc) is 2.70. The lowest BCUT2D eigenvalue weighted by atomic mass is 10.1. The van der Waals surface area contributed by atoms with E-state index in [9.17, 15) is 18.0 Å². The molecule has 0 aliphatic rings. The molecule has 168 valence electrons. The molecule has 0 aliphatic carbocycles. The van der Waals surface area contributed by atoms with Gasteiger partial charge in [-0.2, -0.15) is 0 Å². The van der Waals surface area contributed by atoms with Crippen molar-refractivity contribution in [2.75, 3.05) is 24.2 Å². The lowest BCUT2D eigenvalue weighted by molar-refractivity contribution is -0.139. The zero-order chi connectivity index (χ0) is 23.3. The van der Waals surface area contributed by atoms with Gasteiger partial charge in [0.1, 0.15) is 12.6 Å². The zero-order valence-corrected chi connectivity index (χ0v) is 21.0. The van der Waals surface area contributed by atoms with E-state index in [0.29, 0.717) is 0 Å². The van der Waals surface area contributed by atoms with E-state index in [1.807, 2.05) is 24.3 Å². The quantitative estimate of drug-likeness (QED) is 0.543. The van der Waals surface area contributed by atoms with E-state index < -0.39 is 28.5 Å². The zero-order valence-electron chi connectivity index (χ0n) is 17.1. The van der Waals surface area contributed by atoms with Crippen molar-refractivity contribution in [2.24, 2.45) is 0 Å². The Balaban J connectivity index is 2.40. The second-order valence-corrected chi connectivity index (χ2v) is 10.4. The van der Waals surface area contributed by atoms with Crippen molar-refractivity contribution >= 4 is 66.7 Å². The summed E-state index contributed by atoms with van der Waals surface area (Å²) < 4.78 is 26.6. The SMILES string of the molecule is CNC(=O)C(C)N(Cc1cccc(Br)c1)C(=O)CN(c1ccc(Cl)c(Cl)c1)S(C)(=O)=O. The molecule has 0 heterocycles. The largest absolute Gasteiger partial charge is 0.357 e. The molecule has 31 heavy (non-hydrogen) atoms. The standard InChI is InChI=1S/C20H22BrCl2N3O4S/c1-13(20(28)24-2)25(11-14-5-4-6-15(21)9-14)19(27)12-26(31(3,29)30)16-7-8-17(22)18(23)10-16/h4-10,13H,11-12H2,1-3H3,(H,24,28). The van der Waals surface area contributed by atoms with Gasteiger partial charge in [-0.25, -0.2) is 8.42 Å². The number of sulfonamides is 1. The third-order valence-corrected chi connectivity index (χ3v) is 6.90. The van der Waals surface area contributed by atoms with Crippen LogP contribution in [0, 0.1) is 0 Å². The maximum atomic E-state index is 13.2. The lowest BCUT2D eigenvalue weighted by Crippen LogP contribution is -2.50. The number of carbonyl (C=O) groups excluding carboxylic acids is 2. The van der Waals surface area contributed by atoms with Crippen LogP contribution in [0.5, 0.6) is 0 Å². The van der Waals surface area contributed by atoms with Gasteiger partial charge < -0.3 is 10.2 Å². The number of anilines is 1. The molecule has 0 aromatic heterocycles. The summed E-state index contributed by atoms with van der Waals surface area (Å²) in [7, 11) is -2.36. The number of hydrogen-bond acceptors (Lipinski definition) is 4. The third kappa shape index (κ3) is 6.83. The molecule has 2 amide bonds. The fourth-order valence-corrected chi connectivity index (χ4v) is 4.46. The Morgan fingerprint density at radius 1 is 1.13 bits per heavy atom. The number of carbonyl (C=O) groups is 2. The van der Waals surface area contributed by atoms with Gasteiger partial charge in [0.15, 0.2) is 0 Å². The molecule has 0 saturated carbocycles. The molecule has 1 unspecified atom stereocenters. The number of nitrogens with zero attached hydrogens (tertiary/aromatic N) is 2. The van der Waals surface area contributed by atoms with Crippen LogP contribution in [0.3, 0.4) is 0 Å². The molecular formula is C20H22BrCl2N3O4S. The minimum Gasteiger partial charge on any atom is -0.357 e. The summed E-state index contributed by atoms with van der Waals surface area (Å²) in [5, 5.41) is 2.94. The Morgan fingerprint density at radius 3 is 2.35 bits per heavy atom. The van der Waals surface area contributed by atoms with Gasteiger partial charge >= 0.3 is 0 Å². The number of nitrogens with one attached hydrogen (secondary N) is 1. The Labute approximate surface area is 200 Å². The van der Waals surface area contributed by atoms with Crippen LogP contribution in [0.25, 0.3) is 0 Å². The van der Waals surface area contributed by atoms with Crippen molar-refractivity contribution in [3.63, 3.8) is 0 Å².